The van der Waals surface area contributed by atoms with Crippen LogP contribution in [0.1, 0.15) is 30.1 Å². The van der Waals surface area contributed by atoms with Crippen LogP contribution in [0.3, 0.4) is 0 Å². The average molecular weight is 297 g/mol. The summed E-state index contributed by atoms with van der Waals surface area (Å²) in [4.78, 5) is 12.3. The monoisotopic (exact) mass is 296 g/mol. The number of halogens is 1. The van der Waals surface area contributed by atoms with Crippen molar-refractivity contribution < 1.29 is 9.53 Å². The molecule has 1 amide bonds. The molecule has 1 fully saturated rings. The van der Waals surface area contributed by atoms with E-state index >= 15 is 0 Å². The molecule has 5 heteroatoms. The van der Waals surface area contributed by atoms with Gasteiger partial charge in [-0.3, -0.25) is 4.79 Å². The van der Waals surface area contributed by atoms with Gasteiger partial charge in [0.05, 0.1) is 12.2 Å². The van der Waals surface area contributed by atoms with Gasteiger partial charge in [-0.05, 0) is 31.0 Å². The smallest absolute Gasteiger partial charge is 0.253 e. The number of hydrogen-bond acceptors (Lipinski definition) is 3. The first-order valence-corrected chi connectivity index (χ1v) is 7.48. The number of carbonyl (C=O) groups is 1. The van der Waals surface area contributed by atoms with Crippen LogP contribution < -0.4 is 10.6 Å². The minimum absolute atomic E-state index is 0.0852. The van der Waals surface area contributed by atoms with Gasteiger partial charge in [0.15, 0.2) is 0 Å². The second kappa shape index (κ2) is 7.50. The van der Waals surface area contributed by atoms with Crippen molar-refractivity contribution in [2.24, 2.45) is 5.92 Å². The van der Waals surface area contributed by atoms with E-state index in [-0.39, 0.29) is 5.91 Å². The van der Waals surface area contributed by atoms with Crippen LogP contribution in [0.2, 0.25) is 5.02 Å². The lowest BCUT2D eigenvalue weighted by molar-refractivity contribution is 0.0946. The predicted octanol–water partition coefficient (Wildman–Crippen LogP) is 2.93. The highest BCUT2D eigenvalue weighted by molar-refractivity contribution is 6.31. The molecule has 1 aliphatic heterocycles. The van der Waals surface area contributed by atoms with Crippen LogP contribution in [0.5, 0.6) is 0 Å². The number of carbonyl (C=O) groups excluding carboxylic acids is 1. The Morgan fingerprint density at radius 3 is 3.05 bits per heavy atom. The molecule has 4 nitrogen and oxygen atoms in total. The first kappa shape index (κ1) is 15.1. The number of hydrogen-bond donors (Lipinski definition) is 2. The molecule has 110 valence electrons. The maximum Gasteiger partial charge on any atom is 0.253 e. The normalized spacial score (nSPS) is 18.0. The Balaban J connectivity index is 2.00. The number of rotatable bonds is 6. The quantitative estimate of drug-likeness (QED) is 0.848. The van der Waals surface area contributed by atoms with Crippen LogP contribution in [0.4, 0.5) is 5.69 Å². The summed E-state index contributed by atoms with van der Waals surface area (Å²) < 4.78 is 5.31. The van der Waals surface area contributed by atoms with E-state index in [1.54, 1.807) is 12.1 Å². The van der Waals surface area contributed by atoms with Crippen molar-refractivity contribution in [2.45, 2.75) is 19.8 Å². The average Bonchev–Trinajstić information content (AvgIpc) is 2.96. The van der Waals surface area contributed by atoms with Gasteiger partial charge in [0.2, 0.25) is 0 Å². The van der Waals surface area contributed by atoms with Gasteiger partial charge in [-0.2, -0.15) is 0 Å². The molecule has 1 unspecified atom stereocenters. The Hall–Kier alpha value is -1.26. The van der Waals surface area contributed by atoms with Crippen molar-refractivity contribution in [1.29, 1.82) is 0 Å². The van der Waals surface area contributed by atoms with Crippen LogP contribution in [0.25, 0.3) is 0 Å². The van der Waals surface area contributed by atoms with Gasteiger partial charge in [-0.1, -0.05) is 18.5 Å². The third-order valence-electron chi connectivity index (χ3n) is 3.37. The number of nitrogens with one attached hydrogen (secondary N) is 2. The van der Waals surface area contributed by atoms with Gasteiger partial charge in [-0.15, -0.1) is 0 Å². The maximum absolute atomic E-state index is 12.3. The summed E-state index contributed by atoms with van der Waals surface area (Å²) in [5, 5.41) is 6.79. The van der Waals surface area contributed by atoms with Gasteiger partial charge < -0.3 is 15.4 Å². The second-order valence-corrected chi connectivity index (χ2v) is 5.49. The zero-order valence-electron chi connectivity index (χ0n) is 11.7. The largest absolute Gasteiger partial charge is 0.384 e. The summed E-state index contributed by atoms with van der Waals surface area (Å²) in [7, 11) is 0. The first-order valence-electron chi connectivity index (χ1n) is 7.10. The molecule has 1 saturated heterocycles. The van der Waals surface area contributed by atoms with Crippen molar-refractivity contribution in [3.63, 3.8) is 0 Å². The van der Waals surface area contributed by atoms with Gasteiger partial charge in [0.1, 0.15) is 0 Å². The molecule has 1 aromatic rings. The molecular formula is C15H21ClN2O2. The molecule has 0 bridgehead atoms. The number of ether oxygens (including phenoxy) is 1. The third-order valence-corrected chi connectivity index (χ3v) is 3.60. The van der Waals surface area contributed by atoms with Crippen LogP contribution >= 0.6 is 11.6 Å². The maximum atomic E-state index is 12.3. The first-order chi connectivity index (χ1) is 9.70. The standard InChI is InChI=1S/C15H21ClN2O2/c1-2-6-17-14-4-3-12(16)8-13(14)15(19)18-9-11-5-7-20-10-11/h3-4,8,11,17H,2,5-7,9-10H2,1H3,(H,18,19). The summed E-state index contributed by atoms with van der Waals surface area (Å²) in [6.07, 6.45) is 2.01. The fourth-order valence-corrected chi connectivity index (χ4v) is 2.37. The van der Waals surface area contributed by atoms with Gasteiger partial charge >= 0.3 is 0 Å². The zero-order valence-corrected chi connectivity index (χ0v) is 12.5. The third kappa shape index (κ3) is 4.12. The molecule has 1 heterocycles. The van der Waals surface area contributed by atoms with E-state index in [4.69, 9.17) is 16.3 Å². The fraction of sp³-hybridized carbons (Fsp3) is 0.533. The summed E-state index contributed by atoms with van der Waals surface area (Å²) in [5.74, 6) is 0.336. The molecule has 1 aliphatic rings. The molecule has 0 aliphatic carbocycles. The molecule has 0 saturated carbocycles. The van der Waals surface area contributed by atoms with Gasteiger partial charge in [-0.25, -0.2) is 0 Å². The van der Waals surface area contributed by atoms with E-state index in [0.29, 0.717) is 23.0 Å². The Morgan fingerprint density at radius 2 is 2.35 bits per heavy atom. The highest BCUT2D eigenvalue weighted by Gasteiger charge is 2.18. The van der Waals surface area contributed by atoms with E-state index in [1.807, 2.05) is 6.07 Å². The van der Waals surface area contributed by atoms with Gasteiger partial charge in [0, 0.05) is 36.3 Å². The van der Waals surface area contributed by atoms with Crippen molar-refractivity contribution in [2.75, 3.05) is 31.6 Å². The molecule has 20 heavy (non-hydrogen) atoms. The van der Waals surface area contributed by atoms with Crippen molar-refractivity contribution in [3.8, 4) is 0 Å². The molecule has 1 atom stereocenters. The van der Waals surface area contributed by atoms with Crippen LogP contribution in [-0.4, -0.2) is 32.2 Å². The Bertz CT molecular complexity index is 459. The molecular weight excluding hydrogens is 276 g/mol. The topological polar surface area (TPSA) is 50.4 Å². The molecule has 0 aromatic heterocycles. The molecule has 2 rings (SSSR count). The van der Waals surface area contributed by atoms with Crippen LogP contribution in [-0.2, 0) is 4.74 Å². The summed E-state index contributed by atoms with van der Waals surface area (Å²) in [6, 6.07) is 5.35. The second-order valence-electron chi connectivity index (χ2n) is 5.06. The fourth-order valence-electron chi connectivity index (χ4n) is 2.19. The van der Waals surface area contributed by atoms with Crippen molar-refractivity contribution in [3.05, 3.63) is 28.8 Å². The number of amides is 1. The SMILES string of the molecule is CCCNc1ccc(Cl)cc1C(=O)NCC1CCOC1. The van der Waals surface area contributed by atoms with E-state index in [0.717, 1.165) is 38.3 Å². The lowest BCUT2D eigenvalue weighted by Gasteiger charge is -2.14. The lowest BCUT2D eigenvalue weighted by Crippen LogP contribution is -2.30. The summed E-state index contributed by atoms with van der Waals surface area (Å²) in [5.41, 5.74) is 1.43. The Kier molecular flexibility index (Phi) is 5.68. The predicted molar refractivity (Wildman–Crippen MR) is 81.5 cm³/mol. The number of anilines is 1. The van der Waals surface area contributed by atoms with Crippen molar-refractivity contribution in [1.82, 2.24) is 5.32 Å². The highest BCUT2D eigenvalue weighted by Crippen LogP contribution is 2.21. The Morgan fingerprint density at radius 1 is 1.50 bits per heavy atom. The minimum atomic E-state index is -0.0852. The lowest BCUT2D eigenvalue weighted by atomic mass is 10.1. The van der Waals surface area contributed by atoms with E-state index < -0.39 is 0 Å². The van der Waals surface area contributed by atoms with E-state index in [1.165, 1.54) is 0 Å². The minimum Gasteiger partial charge on any atom is -0.384 e. The van der Waals surface area contributed by atoms with E-state index in [9.17, 15) is 4.79 Å². The molecule has 1 aromatic carbocycles. The number of benzene rings is 1. The van der Waals surface area contributed by atoms with Crippen LogP contribution in [0, 0.1) is 5.92 Å². The molecule has 0 radical (unpaired) electrons. The van der Waals surface area contributed by atoms with Gasteiger partial charge in [0.25, 0.3) is 5.91 Å². The highest BCUT2D eigenvalue weighted by atomic mass is 35.5. The molecule has 2 N–H and O–H groups in total. The summed E-state index contributed by atoms with van der Waals surface area (Å²) >= 11 is 5.99. The summed E-state index contributed by atoms with van der Waals surface area (Å²) in [6.45, 7) is 5.09. The molecule has 0 spiro atoms. The van der Waals surface area contributed by atoms with Crippen molar-refractivity contribution >= 4 is 23.2 Å². The van der Waals surface area contributed by atoms with E-state index in [2.05, 4.69) is 17.6 Å². The van der Waals surface area contributed by atoms with Crippen LogP contribution in [0.15, 0.2) is 18.2 Å². The zero-order chi connectivity index (χ0) is 14.4. The Labute approximate surface area is 124 Å².